The van der Waals surface area contributed by atoms with Crippen LogP contribution >= 0.6 is 7.82 Å². The maximum absolute atomic E-state index is 12.7. The summed E-state index contributed by atoms with van der Waals surface area (Å²) in [5, 5.41) is 0. The van der Waals surface area contributed by atoms with Gasteiger partial charge in [0, 0.05) is 12.8 Å². The number of carbonyl (C=O) groups is 2. The average Bonchev–Trinajstić information content (AvgIpc) is 3.42. The molecular weight excluding hydrogens is 1010 g/mol. The molecule has 0 rings (SSSR count). The van der Waals surface area contributed by atoms with E-state index in [2.05, 4.69) is 98.9 Å². The Morgan fingerprint density at radius 2 is 0.713 bits per heavy atom. The molecule has 0 aliphatic heterocycles. The van der Waals surface area contributed by atoms with E-state index in [1.54, 1.807) is 0 Å². The fraction of sp³-hybridized carbons (Fsp3) is 0.771. The predicted octanol–water partition coefficient (Wildman–Crippen LogP) is 20.7. The summed E-state index contributed by atoms with van der Waals surface area (Å²) in [6.07, 6.45) is 82.7. The van der Waals surface area contributed by atoms with Gasteiger partial charge in [0.1, 0.15) is 19.8 Å². The fourth-order valence-corrected chi connectivity index (χ4v) is 10.0. The Bertz CT molecular complexity index is 1630. The second kappa shape index (κ2) is 60.8. The molecule has 0 N–H and O–H groups in total. The molecule has 0 amide bonds. The second-order valence-corrected chi connectivity index (χ2v) is 24.9. The number of hydrogen-bond acceptors (Lipinski definition) is 8. The summed E-state index contributed by atoms with van der Waals surface area (Å²) >= 11 is 0. The monoisotopic (exact) mass is 1140 g/mol. The molecular formula is C70H126NO8P. The molecule has 2 unspecified atom stereocenters. The summed E-state index contributed by atoms with van der Waals surface area (Å²) in [6.45, 7) is 4.08. The van der Waals surface area contributed by atoms with E-state index in [0.29, 0.717) is 17.4 Å². The number of likely N-dealkylation sites (N-methyl/N-ethyl adjacent to an activating group) is 1. The normalized spacial score (nSPS) is 13.7. The van der Waals surface area contributed by atoms with Crippen LogP contribution in [0.5, 0.6) is 0 Å². The van der Waals surface area contributed by atoms with Gasteiger partial charge in [0.2, 0.25) is 0 Å². The molecule has 464 valence electrons. The van der Waals surface area contributed by atoms with Gasteiger partial charge in [-0.25, -0.2) is 0 Å². The average molecular weight is 1140 g/mol. The molecule has 0 aromatic heterocycles. The number of ether oxygens (including phenoxy) is 2. The lowest BCUT2D eigenvalue weighted by Gasteiger charge is -2.28. The van der Waals surface area contributed by atoms with E-state index < -0.39 is 32.5 Å². The highest BCUT2D eigenvalue weighted by Crippen LogP contribution is 2.38. The highest BCUT2D eigenvalue weighted by Gasteiger charge is 2.22. The topological polar surface area (TPSA) is 111 Å². The first-order valence-electron chi connectivity index (χ1n) is 33.3. The largest absolute Gasteiger partial charge is 0.756 e. The molecule has 0 aromatic carbocycles. The SMILES string of the molecule is CC/C=C\C/C=C\C/C=C\C/C=C\CCCCC(=O)OC(COC(=O)CCCCCCCCCCCCCCCCCCCCCCCCCCCC/C=C\C/C=C\C/C=C\CCCCCCC)COP(=O)([O-])OCC[N+](C)(C)C. The van der Waals surface area contributed by atoms with E-state index in [1.807, 2.05) is 21.1 Å². The van der Waals surface area contributed by atoms with E-state index in [9.17, 15) is 19.0 Å². The summed E-state index contributed by atoms with van der Waals surface area (Å²) < 4.78 is 34.1. The van der Waals surface area contributed by atoms with E-state index in [1.165, 1.54) is 193 Å². The van der Waals surface area contributed by atoms with Crippen molar-refractivity contribution in [2.24, 2.45) is 0 Å². The number of nitrogens with zero attached hydrogens (tertiary/aromatic N) is 1. The lowest BCUT2D eigenvalue weighted by molar-refractivity contribution is -0.870. The number of esters is 2. The number of hydrogen-bond donors (Lipinski definition) is 0. The van der Waals surface area contributed by atoms with Crippen LogP contribution in [0.1, 0.15) is 296 Å². The van der Waals surface area contributed by atoms with Crippen molar-refractivity contribution < 1.29 is 42.1 Å². The van der Waals surface area contributed by atoms with Crippen LogP contribution in [-0.4, -0.2) is 70.0 Å². The van der Waals surface area contributed by atoms with Crippen LogP contribution in [0.25, 0.3) is 0 Å². The smallest absolute Gasteiger partial charge is 0.306 e. The molecule has 2 atom stereocenters. The minimum atomic E-state index is -4.65. The molecule has 0 aliphatic rings. The van der Waals surface area contributed by atoms with Crippen molar-refractivity contribution in [2.75, 3.05) is 47.5 Å². The number of carbonyl (C=O) groups excluding carboxylic acids is 2. The van der Waals surface area contributed by atoms with E-state index in [-0.39, 0.29) is 26.1 Å². The molecule has 0 saturated carbocycles. The van der Waals surface area contributed by atoms with Crippen molar-refractivity contribution >= 4 is 19.8 Å². The van der Waals surface area contributed by atoms with E-state index >= 15 is 0 Å². The predicted molar refractivity (Wildman–Crippen MR) is 342 cm³/mol. The Balaban J connectivity index is 3.88. The Morgan fingerprint density at radius 1 is 0.400 bits per heavy atom. The van der Waals surface area contributed by atoms with Crippen LogP contribution in [0.3, 0.4) is 0 Å². The minimum absolute atomic E-state index is 0.0406. The van der Waals surface area contributed by atoms with Gasteiger partial charge in [0.15, 0.2) is 6.10 Å². The molecule has 0 radical (unpaired) electrons. The maximum Gasteiger partial charge on any atom is 0.306 e. The summed E-state index contributed by atoms with van der Waals surface area (Å²) in [6, 6.07) is 0. The molecule has 0 fully saturated rings. The molecule has 80 heavy (non-hydrogen) atoms. The number of rotatable bonds is 61. The number of phosphoric acid groups is 1. The van der Waals surface area contributed by atoms with Gasteiger partial charge in [0.05, 0.1) is 27.7 Å². The van der Waals surface area contributed by atoms with Gasteiger partial charge < -0.3 is 27.9 Å². The van der Waals surface area contributed by atoms with Crippen LogP contribution in [-0.2, 0) is 32.7 Å². The zero-order valence-electron chi connectivity index (χ0n) is 52.8. The summed E-state index contributed by atoms with van der Waals surface area (Å²) in [4.78, 5) is 37.8. The van der Waals surface area contributed by atoms with Crippen LogP contribution in [0.2, 0.25) is 0 Å². The number of phosphoric ester groups is 1. The van der Waals surface area contributed by atoms with Crippen molar-refractivity contribution in [1.82, 2.24) is 0 Å². The Kier molecular flexibility index (Phi) is 58.6. The maximum atomic E-state index is 12.7. The zero-order chi connectivity index (χ0) is 58.4. The van der Waals surface area contributed by atoms with Crippen LogP contribution in [0.4, 0.5) is 0 Å². The molecule has 0 spiro atoms. The molecule has 0 bridgehead atoms. The molecule has 0 aliphatic carbocycles. The number of unbranched alkanes of at least 4 members (excludes halogenated alkanes) is 33. The Morgan fingerprint density at radius 3 is 1.09 bits per heavy atom. The van der Waals surface area contributed by atoms with Gasteiger partial charge in [0.25, 0.3) is 7.82 Å². The second-order valence-electron chi connectivity index (χ2n) is 23.5. The Labute approximate surface area is 494 Å². The number of quaternary nitrogens is 1. The molecule has 9 nitrogen and oxygen atoms in total. The highest BCUT2D eigenvalue weighted by molar-refractivity contribution is 7.45. The Hall–Kier alpha value is -2.81. The van der Waals surface area contributed by atoms with Gasteiger partial charge in [-0.15, -0.1) is 0 Å². The van der Waals surface area contributed by atoms with Gasteiger partial charge >= 0.3 is 11.9 Å². The third kappa shape index (κ3) is 64.4. The third-order valence-electron chi connectivity index (χ3n) is 14.4. The summed E-state index contributed by atoms with van der Waals surface area (Å²) in [5.41, 5.74) is 0. The first-order valence-corrected chi connectivity index (χ1v) is 34.8. The van der Waals surface area contributed by atoms with Gasteiger partial charge in [-0.05, 0) is 89.9 Å². The van der Waals surface area contributed by atoms with Gasteiger partial charge in [-0.1, -0.05) is 279 Å². The summed E-state index contributed by atoms with van der Waals surface area (Å²) in [7, 11) is 1.14. The van der Waals surface area contributed by atoms with Gasteiger partial charge in [-0.3, -0.25) is 14.2 Å². The molecule has 10 heteroatoms. The first-order chi connectivity index (χ1) is 39.0. The highest BCUT2D eigenvalue weighted by atomic mass is 31.2. The van der Waals surface area contributed by atoms with E-state index in [0.717, 1.165) is 70.6 Å². The van der Waals surface area contributed by atoms with Gasteiger partial charge in [-0.2, -0.15) is 0 Å². The lowest BCUT2D eigenvalue weighted by Crippen LogP contribution is -2.37. The fourth-order valence-electron chi connectivity index (χ4n) is 9.30. The number of allylic oxidation sites excluding steroid dienone is 14. The quantitative estimate of drug-likeness (QED) is 0.0195. The van der Waals surface area contributed by atoms with E-state index in [4.69, 9.17) is 18.5 Å². The van der Waals surface area contributed by atoms with Crippen molar-refractivity contribution in [2.45, 2.75) is 302 Å². The molecule has 0 heterocycles. The zero-order valence-corrected chi connectivity index (χ0v) is 53.7. The van der Waals surface area contributed by atoms with Crippen molar-refractivity contribution in [1.29, 1.82) is 0 Å². The lowest BCUT2D eigenvalue weighted by atomic mass is 10.0. The van der Waals surface area contributed by atoms with Crippen LogP contribution in [0.15, 0.2) is 85.1 Å². The molecule has 0 aromatic rings. The molecule has 0 saturated heterocycles. The van der Waals surface area contributed by atoms with Crippen molar-refractivity contribution in [3.8, 4) is 0 Å². The van der Waals surface area contributed by atoms with Crippen LogP contribution in [0, 0.1) is 0 Å². The third-order valence-corrected chi connectivity index (χ3v) is 15.4. The summed E-state index contributed by atoms with van der Waals surface area (Å²) in [5.74, 6) is -0.876. The van der Waals surface area contributed by atoms with Crippen molar-refractivity contribution in [3.63, 3.8) is 0 Å². The van der Waals surface area contributed by atoms with Crippen molar-refractivity contribution in [3.05, 3.63) is 85.1 Å². The minimum Gasteiger partial charge on any atom is -0.756 e. The van der Waals surface area contributed by atoms with Crippen LogP contribution < -0.4 is 4.89 Å². The first kappa shape index (κ1) is 77.2. The standard InChI is InChI=1S/C70H126NO8P/c1-6-8-10-12-14-16-18-20-22-23-24-25-26-27-28-29-30-31-32-33-34-35-36-37-38-39-40-41-42-43-44-45-46-47-49-50-52-54-56-58-60-62-69(72)76-66-68(67-78-80(74,75)77-65-64-71(3,4)5)79-70(73)63-61-59-57-55-53-51-48-21-19-17-15-13-11-9-7-2/h9,11,15,17-18,20-21,23-24,26-27,48,53,55,68H,6-8,10,12-14,16,19,22,25,28-47,49-52,54,56-67H2,1-5H3/b11-9-,17-15-,20-18-,24-23-,27-26-,48-21-,55-53-.